The molecule has 0 bridgehead atoms. The van der Waals surface area contributed by atoms with Gasteiger partial charge in [-0.15, -0.1) is 0 Å². The van der Waals surface area contributed by atoms with Gasteiger partial charge in [-0.2, -0.15) is 0 Å². The van der Waals surface area contributed by atoms with Crippen LogP contribution in [0.25, 0.3) is 0 Å². The molecule has 0 unspecified atom stereocenters. The summed E-state index contributed by atoms with van der Waals surface area (Å²) in [5.74, 6) is -5.27. The molecule has 82 heavy (non-hydrogen) atoms. The number of anilines is 4. The summed E-state index contributed by atoms with van der Waals surface area (Å²) in [5, 5.41) is 11.1. The van der Waals surface area contributed by atoms with Crippen molar-refractivity contribution in [2.45, 2.75) is 76.5 Å². The SMILES string of the molecule is CCOC(=O)[C@@]12N3CN4C(=O)N5Cc6c(OC)ccc(NC(=O)Nc7ccccc7)c6CN6C(=O)N(CN1C(=O)N1Cc7c(OC)ccc(NC(=O)Nc8ccccc8)c7CN(C3=O)[C@@]12C(=O)OCC)[C@@]4(C(=O)OCC)[C@@]65C(=O)OCC. The first-order valence-electron chi connectivity index (χ1n) is 26.2. The van der Waals surface area contributed by atoms with Crippen molar-refractivity contribution in [3.63, 3.8) is 0 Å². The third kappa shape index (κ3) is 7.01. The van der Waals surface area contributed by atoms with Gasteiger partial charge in [0.2, 0.25) is 0 Å². The third-order valence-electron chi connectivity index (χ3n) is 15.8. The molecule has 0 aromatic heterocycles. The van der Waals surface area contributed by atoms with Crippen molar-refractivity contribution in [1.29, 1.82) is 0 Å². The van der Waals surface area contributed by atoms with Crippen LogP contribution in [0.5, 0.6) is 11.5 Å². The molecule has 0 saturated carbocycles. The first kappa shape index (κ1) is 54.0. The molecule has 11 rings (SSSR count). The number of nitrogens with zero attached hydrogens (tertiary/aromatic N) is 8. The quantitative estimate of drug-likeness (QED) is 0.0988. The number of nitrogens with one attached hydrogen (secondary N) is 4. The molecule has 0 radical (unpaired) electrons. The van der Waals surface area contributed by atoms with Gasteiger partial charge in [0.25, 0.3) is 22.7 Å². The molecular formula is C54H56N12O16. The number of carbonyl (C=O) groups excluding carboxylic acids is 10. The van der Waals surface area contributed by atoms with Crippen LogP contribution in [0.1, 0.15) is 49.9 Å². The van der Waals surface area contributed by atoms with E-state index in [1.807, 2.05) is 0 Å². The predicted octanol–water partition coefficient (Wildman–Crippen LogP) is 4.64. The van der Waals surface area contributed by atoms with Gasteiger partial charge >= 0.3 is 60.1 Å². The number of urea groups is 6. The van der Waals surface area contributed by atoms with E-state index in [-0.39, 0.29) is 58.3 Å². The average Bonchev–Trinajstić information content (AvgIpc) is 2.91. The summed E-state index contributed by atoms with van der Waals surface area (Å²) in [6.45, 7) is -1.08. The Balaban J connectivity index is 1.14. The summed E-state index contributed by atoms with van der Waals surface area (Å²) < 4.78 is 35.0. The molecule has 28 nitrogen and oxygen atoms in total. The van der Waals surface area contributed by atoms with Gasteiger partial charge in [-0.25, -0.2) is 47.9 Å². The number of esters is 4. The minimum absolute atomic E-state index is 0.0727. The Bertz CT molecular complexity index is 3190. The molecule has 4 aromatic carbocycles. The van der Waals surface area contributed by atoms with Crippen molar-refractivity contribution in [3.05, 3.63) is 107 Å². The maximum Gasteiger partial charge on any atom is 0.359 e. The Labute approximate surface area is 467 Å². The molecule has 7 aliphatic rings. The van der Waals surface area contributed by atoms with Gasteiger partial charge in [0, 0.05) is 45.0 Å². The van der Waals surface area contributed by atoms with Crippen molar-refractivity contribution in [2.24, 2.45) is 0 Å². The smallest absolute Gasteiger partial charge is 0.359 e. The van der Waals surface area contributed by atoms with Crippen LogP contribution in [0, 0.1) is 0 Å². The Kier molecular flexibility index (Phi) is 13.1. The second-order valence-corrected chi connectivity index (χ2v) is 19.5. The van der Waals surface area contributed by atoms with Crippen molar-refractivity contribution < 1.29 is 76.4 Å². The number of hydrogen-bond donors (Lipinski definition) is 4. The topological polar surface area (TPSA) is 300 Å². The molecule has 0 spiro atoms. The molecule has 0 aliphatic carbocycles. The van der Waals surface area contributed by atoms with E-state index in [4.69, 9.17) is 28.4 Å². The lowest BCUT2D eigenvalue weighted by Gasteiger charge is -2.51. The van der Waals surface area contributed by atoms with E-state index < -0.39 is 135 Å². The normalized spacial score (nSPS) is 23.3. The second-order valence-electron chi connectivity index (χ2n) is 19.5. The van der Waals surface area contributed by atoms with Gasteiger partial charge < -0.3 is 49.7 Å². The van der Waals surface area contributed by atoms with Crippen LogP contribution in [-0.2, 0) is 64.3 Å². The highest BCUT2D eigenvalue weighted by molar-refractivity contribution is 6.13. The maximum atomic E-state index is 16.3. The fraction of sp³-hybridized carbons (Fsp3) is 0.370. The molecule has 5 fully saturated rings. The summed E-state index contributed by atoms with van der Waals surface area (Å²) in [5.41, 5.74) is -10.5. The highest BCUT2D eigenvalue weighted by atomic mass is 16.6. The van der Waals surface area contributed by atoms with Crippen molar-refractivity contribution >= 4 is 82.8 Å². The lowest BCUT2D eigenvalue weighted by molar-refractivity contribution is -0.209. The number of rotatable bonds is 14. The number of fused-ring (bicyclic) bond motifs is 2. The monoisotopic (exact) mass is 1130 g/mol. The first-order chi connectivity index (χ1) is 39.5. The Hall–Kier alpha value is -10.0. The number of amides is 12. The Morgan fingerprint density at radius 2 is 0.671 bits per heavy atom. The summed E-state index contributed by atoms with van der Waals surface area (Å²) >= 11 is 0. The standard InChI is InChI=1S/C54H56N12O16/c1-7-79-41(67)51-53(43(69)81-9-3)63-29-66-50(76)62-28-36-34(38(22-24-40(36)78-6)58-46(72)56-32-19-15-12-16-20-32)26-60-48(74)64(54(66,44(70)82-10-4)52(60,62)42(68)80-8-2)30-65(53)49(75)61(51)27-35-33(25-59(51)47(63)73)37(21-23-39(35)77-5)57-45(71)55-31-17-13-11-14-18-31/h11-24H,7-10,25-30H2,1-6H3,(H2,55,57,71)(H2,56,58,72)/t51-,52-,53+,54+/m0/s1. The molecule has 7 heterocycles. The van der Waals surface area contributed by atoms with Crippen molar-refractivity contribution in [1.82, 2.24) is 39.2 Å². The Morgan fingerprint density at radius 3 is 0.951 bits per heavy atom. The van der Waals surface area contributed by atoms with Crippen LogP contribution < -0.4 is 30.7 Å². The molecule has 5 saturated heterocycles. The van der Waals surface area contributed by atoms with Gasteiger partial charge in [-0.05, 0) is 76.2 Å². The molecule has 12 amide bonds. The van der Waals surface area contributed by atoms with Crippen LogP contribution in [0.4, 0.5) is 51.5 Å². The summed E-state index contributed by atoms with van der Waals surface area (Å²) in [6, 6.07) is 16.5. The van der Waals surface area contributed by atoms with Gasteiger partial charge in [0.15, 0.2) is 0 Å². The van der Waals surface area contributed by atoms with Gasteiger partial charge in [0.1, 0.15) is 24.8 Å². The van der Waals surface area contributed by atoms with Crippen LogP contribution >= 0.6 is 0 Å². The molecule has 7 aliphatic heterocycles. The fourth-order valence-corrected chi connectivity index (χ4v) is 12.7. The van der Waals surface area contributed by atoms with Crippen LogP contribution in [0.15, 0.2) is 84.9 Å². The van der Waals surface area contributed by atoms with E-state index in [0.29, 0.717) is 11.4 Å². The third-order valence-corrected chi connectivity index (χ3v) is 15.8. The van der Waals surface area contributed by atoms with Crippen LogP contribution in [0.3, 0.4) is 0 Å². The summed E-state index contributed by atoms with van der Waals surface area (Å²) in [6.07, 6.45) is 0. The Morgan fingerprint density at radius 1 is 0.390 bits per heavy atom. The number of para-hydroxylation sites is 2. The van der Waals surface area contributed by atoms with Crippen molar-refractivity contribution in [2.75, 3.05) is 75.3 Å². The lowest BCUT2D eigenvalue weighted by atomic mass is 9.88. The van der Waals surface area contributed by atoms with Gasteiger partial charge in [0.05, 0.1) is 66.8 Å². The van der Waals surface area contributed by atoms with Gasteiger partial charge in [-0.1, -0.05) is 36.4 Å². The first-order valence-corrected chi connectivity index (χ1v) is 26.2. The van der Waals surface area contributed by atoms with E-state index in [0.717, 1.165) is 39.2 Å². The number of methoxy groups -OCH3 is 2. The van der Waals surface area contributed by atoms with Crippen LogP contribution in [-0.4, -0.2) is 176 Å². The zero-order valence-corrected chi connectivity index (χ0v) is 45.3. The van der Waals surface area contributed by atoms with E-state index in [9.17, 15) is 9.59 Å². The highest BCUT2D eigenvalue weighted by Gasteiger charge is 2.93. The minimum atomic E-state index is -3.08. The second kappa shape index (κ2) is 20.0. The fourth-order valence-electron chi connectivity index (χ4n) is 12.7. The minimum Gasteiger partial charge on any atom is -0.496 e. The highest BCUT2D eigenvalue weighted by Crippen LogP contribution is 2.62. The molecule has 428 valence electrons. The van der Waals surface area contributed by atoms with Gasteiger partial charge in [-0.3, -0.25) is 39.2 Å². The molecule has 28 heteroatoms. The zero-order valence-electron chi connectivity index (χ0n) is 45.3. The zero-order chi connectivity index (χ0) is 58.2. The summed E-state index contributed by atoms with van der Waals surface area (Å²) in [4.78, 5) is 162. The van der Waals surface area contributed by atoms with E-state index in [2.05, 4.69) is 21.3 Å². The lowest BCUT2D eigenvalue weighted by Crippen LogP contribution is -2.81. The molecule has 4 aromatic rings. The molecular weight excluding hydrogens is 1070 g/mol. The molecule has 4 atom stereocenters. The number of hydrogen-bond acceptors (Lipinski definition) is 16. The van der Waals surface area contributed by atoms with E-state index >= 15 is 38.4 Å². The van der Waals surface area contributed by atoms with Crippen LogP contribution in [0.2, 0.25) is 0 Å². The van der Waals surface area contributed by atoms with E-state index in [1.54, 1.807) is 60.7 Å². The van der Waals surface area contributed by atoms with E-state index in [1.165, 1.54) is 66.2 Å². The largest absolute Gasteiger partial charge is 0.496 e. The average molecular weight is 1130 g/mol. The number of benzene rings is 4. The predicted molar refractivity (Wildman–Crippen MR) is 282 cm³/mol. The number of ether oxygens (including phenoxy) is 6. The summed E-state index contributed by atoms with van der Waals surface area (Å²) in [7, 11) is 2.66. The van der Waals surface area contributed by atoms with Crippen molar-refractivity contribution in [3.8, 4) is 11.5 Å². The molecule has 4 N–H and O–H groups in total. The number of carbonyl (C=O) groups is 10. The maximum absolute atomic E-state index is 16.3.